The van der Waals surface area contributed by atoms with Gasteiger partial charge in [-0.3, -0.25) is 4.79 Å². The summed E-state index contributed by atoms with van der Waals surface area (Å²) < 4.78 is 12.8. The molecule has 0 aliphatic rings. The number of amides is 1. The molecule has 1 rings (SSSR count). The normalized spacial score (nSPS) is 13.4. The van der Waals surface area contributed by atoms with Crippen molar-refractivity contribution < 1.29 is 9.18 Å². The number of halogens is 2. The summed E-state index contributed by atoms with van der Waals surface area (Å²) in [5.41, 5.74) is 6.51. The Morgan fingerprint density at radius 1 is 1.33 bits per heavy atom. The fourth-order valence-corrected chi connectivity index (χ4v) is 1.80. The van der Waals surface area contributed by atoms with Crippen LogP contribution in [0.3, 0.4) is 0 Å². The van der Waals surface area contributed by atoms with Crippen LogP contribution in [0.15, 0.2) is 24.3 Å². The summed E-state index contributed by atoms with van der Waals surface area (Å²) in [7, 11) is 0. The topological polar surface area (TPSA) is 46.3 Å². The van der Waals surface area contributed by atoms with E-state index in [1.807, 2.05) is 13.8 Å². The van der Waals surface area contributed by atoms with Gasteiger partial charge in [-0.15, -0.1) is 12.4 Å². The molecule has 102 valence electrons. The van der Waals surface area contributed by atoms with Gasteiger partial charge in [-0.2, -0.15) is 0 Å². The highest BCUT2D eigenvalue weighted by molar-refractivity contribution is 5.85. The monoisotopic (exact) mass is 274 g/mol. The first-order valence-electron chi connectivity index (χ1n) is 5.78. The van der Waals surface area contributed by atoms with Gasteiger partial charge >= 0.3 is 0 Å². The fraction of sp³-hybridized carbons (Fsp3) is 0.462. The molecule has 0 saturated carbocycles. The Kier molecular flexibility index (Phi) is 6.88. The van der Waals surface area contributed by atoms with Crippen molar-refractivity contribution in [2.45, 2.75) is 32.9 Å². The van der Waals surface area contributed by atoms with Crippen LogP contribution in [-0.4, -0.2) is 23.4 Å². The molecule has 3 nitrogen and oxygen atoms in total. The lowest BCUT2D eigenvalue weighted by atomic mass is 10.1. The van der Waals surface area contributed by atoms with Crippen LogP contribution in [0, 0.1) is 5.82 Å². The third-order valence-electron chi connectivity index (χ3n) is 2.83. The van der Waals surface area contributed by atoms with Gasteiger partial charge in [0, 0.05) is 6.54 Å². The van der Waals surface area contributed by atoms with Gasteiger partial charge in [0.25, 0.3) is 0 Å². The van der Waals surface area contributed by atoms with E-state index in [2.05, 4.69) is 0 Å². The van der Waals surface area contributed by atoms with E-state index in [1.54, 1.807) is 24.0 Å². The van der Waals surface area contributed by atoms with Crippen molar-refractivity contribution in [2.24, 2.45) is 5.73 Å². The second kappa shape index (κ2) is 7.34. The second-order valence-corrected chi connectivity index (χ2v) is 4.14. The Labute approximate surface area is 114 Å². The smallest absolute Gasteiger partial charge is 0.239 e. The van der Waals surface area contributed by atoms with E-state index < -0.39 is 6.04 Å². The van der Waals surface area contributed by atoms with Crippen LogP contribution in [0.2, 0.25) is 0 Å². The summed E-state index contributed by atoms with van der Waals surface area (Å²) in [5, 5.41) is 0. The third kappa shape index (κ3) is 3.96. The van der Waals surface area contributed by atoms with E-state index in [9.17, 15) is 9.18 Å². The molecular formula is C13H20ClFN2O. The first-order chi connectivity index (χ1) is 7.97. The number of rotatable bonds is 4. The largest absolute Gasteiger partial charge is 0.335 e. The fourth-order valence-electron chi connectivity index (χ4n) is 1.80. The van der Waals surface area contributed by atoms with Crippen molar-refractivity contribution in [2.75, 3.05) is 6.54 Å². The number of nitrogens with two attached hydrogens (primary N) is 1. The highest BCUT2D eigenvalue weighted by Crippen LogP contribution is 2.20. The number of benzene rings is 1. The van der Waals surface area contributed by atoms with Crippen molar-refractivity contribution in [3.63, 3.8) is 0 Å². The Morgan fingerprint density at radius 3 is 2.22 bits per heavy atom. The lowest BCUT2D eigenvalue weighted by molar-refractivity contribution is -0.134. The summed E-state index contributed by atoms with van der Waals surface area (Å²) >= 11 is 0. The number of carbonyl (C=O) groups is 1. The Morgan fingerprint density at radius 2 is 1.83 bits per heavy atom. The quantitative estimate of drug-likeness (QED) is 0.917. The van der Waals surface area contributed by atoms with Crippen LogP contribution in [0.5, 0.6) is 0 Å². The lowest BCUT2D eigenvalue weighted by Crippen LogP contribution is -2.43. The molecule has 5 heteroatoms. The van der Waals surface area contributed by atoms with Crippen molar-refractivity contribution in [3.8, 4) is 0 Å². The minimum atomic E-state index is -0.516. The predicted octanol–water partition coefficient (Wildman–Crippen LogP) is 2.50. The highest BCUT2D eigenvalue weighted by Gasteiger charge is 2.22. The molecule has 0 bridgehead atoms. The number of hydrogen-bond donors (Lipinski definition) is 1. The molecule has 1 aromatic carbocycles. The molecule has 0 spiro atoms. The maximum Gasteiger partial charge on any atom is 0.239 e. The molecule has 0 heterocycles. The van der Waals surface area contributed by atoms with Gasteiger partial charge in [-0.05, 0) is 38.5 Å². The Bertz CT molecular complexity index is 381. The number of carbonyl (C=O) groups excluding carboxylic acids is 1. The van der Waals surface area contributed by atoms with Crippen molar-refractivity contribution >= 4 is 18.3 Å². The maximum atomic E-state index is 12.8. The summed E-state index contributed by atoms with van der Waals surface area (Å²) in [5.74, 6) is -0.369. The molecule has 18 heavy (non-hydrogen) atoms. The number of likely N-dealkylation sites (N-methyl/N-ethyl adjacent to an activating group) is 1. The van der Waals surface area contributed by atoms with Gasteiger partial charge in [0.05, 0.1) is 12.1 Å². The van der Waals surface area contributed by atoms with E-state index in [1.165, 1.54) is 12.1 Å². The summed E-state index contributed by atoms with van der Waals surface area (Å²) in [6.45, 7) is 6.07. The second-order valence-electron chi connectivity index (χ2n) is 4.14. The van der Waals surface area contributed by atoms with Gasteiger partial charge in [-0.1, -0.05) is 12.1 Å². The molecule has 1 amide bonds. The summed E-state index contributed by atoms with van der Waals surface area (Å²) in [6.07, 6.45) is 0. The van der Waals surface area contributed by atoms with E-state index in [-0.39, 0.29) is 30.2 Å². The highest BCUT2D eigenvalue weighted by atomic mass is 35.5. The standard InChI is InChI=1S/C13H19FN2O.ClH/c1-4-16(13(17)9(2)15)10(3)11-5-7-12(14)8-6-11;/h5-10H,4,15H2,1-3H3;1H/t9-,10?;/m0./s1. The zero-order valence-corrected chi connectivity index (χ0v) is 11.7. The average Bonchev–Trinajstić information content (AvgIpc) is 2.30. The van der Waals surface area contributed by atoms with Crippen molar-refractivity contribution in [1.82, 2.24) is 4.90 Å². The van der Waals surface area contributed by atoms with Gasteiger partial charge in [0.15, 0.2) is 0 Å². The lowest BCUT2D eigenvalue weighted by Gasteiger charge is -2.29. The maximum absolute atomic E-state index is 12.8. The van der Waals surface area contributed by atoms with Crippen LogP contribution in [-0.2, 0) is 4.79 Å². The minimum absolute atomic E-state index is 0. The molecule has 0 aliphatic heterocycles. The Balaban J connectivity index is 0.00000289. The van der Waals surface area contributed by atoms with Gasteiger partial charge in [0.1, 0.15) is 5.82 Å². The number of hydrogen-bond acceptors (Lipinski definition) is 2. The first-order valence-corrected chi connectivity index (χ1v) is 5.78. The Hall–Kier alpha value is -1.13. The van der Waals surface area contributed by atoms with Crippen LogP contribution >= 0.6 is 12.4 Å². The van der Waals surface area contributed by atoms with Gasteiger partial charge in [0.2, 0.25) is 5.91 Å². The van der Waals surface area contributed by atoms with Gasteiger partial charge < -0.3 is 10.6 Å². The molecule has 2 atom stereocenters. The number of nitrogens with zero attached hydrogens (tertiary/aromatic N) is 1. The molecule has 0 aliphatic carbocycles. The first kappa shape index (κ1) is 16.9. The van der Waals surface area contributed by atoms with Crippen LogP contribution in [0.1, 0.15) is 32.4 Å². The van der Waals surface area contributed by atoms with E-state index >= 15 is 0 Å². The van der Waals surface area contributed by atoms with Gasteiger partial charge in [-0.25, -0.2) is 4.39 Å². The minimum Gasteiger partial charge on any atom is -0.335 e. The zero-order chi connectivity index (χ0) is 13.0. The molecule has 1 unspecified atom stereocenters. The molecular weight excluding hydrogens is 255 g/mol. The van der Waals surface area contributed by atoms with Crippen LogP contribution in [0.25, 0.3) is 0 Å². The molecule has 0 radical (unpaired) electrons. The molecule has 0 saturated heterocycles. The van der Waals surface area contributed by atoms with E-state index in [4.69, 9.17) is 5.73 Å². The van der Waals surface area contributed by atoms with Crippen molar-refractivity contribution in [1.29, 1.82) is 0 Å². The summed E-state index contributed by atoms with van der Waals surface area (Å²) in [4.78, 5) is 13.6. The van der Waals surface area contributed by atoms with E-state index in [0.29, 0.717) is 6.54 Å². The third-order valence-corrected chi connectivity index (χ3v) is 2.83. The molecule has 0 fully saturated rings. The average molecular weight is 275 g/mol. The molecule has 2 N–H and O–H groups in total. The van der Waals surface area contributed by atoms with Crippen molar-refractivity contribution in [3.05, 3.63) is 35.6 Å². The molecule has 0 aromatic heterocycles. The molecule has 1 aromatic rings. The van der Waals surface area contributed by atoms with Crippen LogP contribution < -0.4 is 5.73 Å². The van der Waals surface area contributed by atoms with Crippen LogP contribution in [0.4, 0.5) is 4.39 Å². The predicted molar refractivity (Wildman–Crippen MR) is 73.1 cm³/mol. The summed E-state index contributed by atoms with van der Waals surface area (Å²) in [6, 6.07) is 5.57. The van der Waals surface area contributed by atoms with E-state index in [0.717, 1.165) is 5.56 Å². The SMILES string of the molecule is CCN(C(=O)[C@H](C)N)C(C)c1ccc(F)cc1.Cl. The zero-order valence-electron chi connectivity index (χ0n) is 10.9.